The minimum Gasteiger partial charge on any atom is -0.748 e. The molecule has 1 unspecified atom stereocenters. The highest BCUT2D eigenvalue weighted by Crippen LogP contribution is 2.51. The first-order valence-electron chi connectivity index (χ1n) is 16.4. The highest BCUT2D eigenvalue weighted by atomic mass is 32.2. The third-order valence-corrected chi connectivity index (χ3v) is 11.2. The summed E-state index contributed by atoms with van der Waals surface area (Å²) in [5.74, 6) is -1.63. The molecule has 4 rings (SSSR count). The van der Waals surface area contributed by atoms with Gasteiger partial charge in [0, 0.05) is 52.9 Å². The van der Waals surface area contributed by atoms with Crippen LogP contribution in [0.1, 0.15) is 50.7 Å². The molecule has 0 saturated heterocycles. The normalized spacial score (nSPS) is 18.0. The van der Waals surface area contributed by atoms with Crippen LogP contribution in [-0.4, -0.2) is 94.3 Å². The molecule has 1 aromatic carbocycles. The molecule has 0 fully saturated rings. The van der Waals surface area contributed by atoms with Crippen LogP contribution in [0.5, 0.6) is 0 Å². The Kier molecular flexibility index (Phi) is 13.2. The van der Waals surface area contributed by atoms with E-state index >= 15 is 0 Å². The van der Waals surface area contributed by atoms with Crippen molar-refractivity contribution in [2.75, 3.05) is 49.3 Å². The van der Waals surface area contributed by atoms with Crippen molar-refractivity contribution >= 4 is 48.1 Å². The van der Waals surface area contributed by atoms with Gasteiger partial charge in [0.1, 0.15) is 29.0 Å². The molecule has 52 heavy (non-hydrogen) atoms. The Morgan fingerprint density at radius 1 is 0.981 bits per heavy atom. The molecule has 2 aliphatic heterocycles. The van der Waals surface area contributed by atoms with E-state index in [2.05, 4.69) is 0 Å². The number of fused-ring (bicyclic) bond motifs is 2. The molecule has 15 nitrogen and oxygen atoms in total. The van der Waals surface area contributed by atoms with Gasteiger partial charge in [-0.2, -0.15) is 0 Å². The van der Waals surface area contributed by atoms with Crippen molar-refractivity contribution < 1.29 is 58.0 Å². The topological polar surface area (TPSA) is 238 Å². The van der Waals surface area contributed by atoms with Crippen molar-refractivity contribution in [3.8, 4) is 11.3 Å². The van der Waals surface area contributed by atoms with Gasteiger partial charge in [-0.3, -0.25) is 4.79 Å². The van der Waals surface area contributed by atoms with Crippen molar-refractivity contribution in [2.24, 2.45) is 0 Å². The van der Waals surface area contributed by atoms with E-state index in [1.165, 1.54) is 24.5 Å². The standard InChI is InChI=1S/C34H42N2O13S3/c1-3-35(16-6-22-51(42,43)44)26-9-11-28-25(13-19-49-31(28)23-26)7-4-8-32-34(2,15-5-21-50(39,40)41)29-24-27(52(45,46)47)10-12-30(29)36(32)17-20-48-18-14-33(37)38/h4,7-13,19,23-24H,3,5-6,14-18,20-22H2,1-2H3,(H3-,37,38,39,40,41,42,43,44,45,46,47)/p-2. The second-order valence-corrected chi connectivity index (χ2v) is 16.8. The summed E-state index contributed by atoms with van der Waals surface area (Å²) in [4.78, 5) is 12.3. The lowest BCUT2D eigenvalue weighted by Gasteiger charge is -2.30. The van der Waals surface area contributed by atoms with Crippen molar-refractivity contribution in [3.05, 3.63) is 83.1 Å². The van der Waals surface area contributed by atoms with Crippen LogP contribution in [-0.2, 0) is 45.3 Å². The Morgan fingerprint density at radius 2 is 1.69 bits per heavy atom. The summed E-state index contributed by atoms with van der Waals surface area (Å²) in [6, 6.07) is 11.2. The number of nitrogens with zero attached hydrogens (tertiary/aromatic N) is 2. The SMILES string of the molecule is CC[N+](CCCS(=O)(=O)[O-])=c1ccc2c(/C=C/C=C3/N(CCOCCC(=O)O)c4ccc(S(=O)(=O)[O-])cc4C3(C)CCCS(=O)(=O)[O-])ccoc-2c1. The first-order valence-corrected chi connectivity index (χ1v) is 20.9. The first-order chi connectivity index (χ1) is 24.3. The number of ether oxygens (including phenoxy) is 1. The monoisotopic (exact) mass is 780 g/mol. The van der Waals surface area contributed by atoms with Crippen LogP contribution >= 0.6 is 0 Å². The van der Waals surface area contributed by atoms with E-state index in [9.17, 15) is 43.7 Å². The number of hydrogen-bond acceptors (Lipinski definition) is 13. The Balaban J connectivity index is 1.76. The Bertz CT molecular complexity index is 2210. The highest BCUT2D eigenvalue weighted by molar-refractivity contribution is 7.86. The molecule has 3 aliphatic rings. The van der Waals surface area contributed by atoms with Gasteiger partial charge in [-0.25, -0.2) is 29.8 Å². The molecule has 0 amide bonds. The van der Waals surface area contributed by atoms with Crippen LogP contribution in [0, 0.1) is 0 Å². The van der Waals surface area contributed by atoms with Gasteiger partial charge in [0.25, 0.3) is 0 Å². The summed E-state index contributed by atoms with van der Waals surface area (Å²) in [6.07, 6.45) is 6.82. The number of carboxylic acids is 1. The minimum absolute atomic E-state index is 0.0487. The van der Waals surface area contributed by atoms with Gasteiger partial charge >= 0.3 is 5.97 Å². The minimum atomic E-state index is -4.86. The zero-order valence-electron chi connectivity index (χ0n) is 28.6. The fourth-order valence-corrected chi connectivity index (χ4v) is 7.79. The van der Waals surface area contributed by atoms with Crippen LogP contribution in [0.25, 0.3) is 17.4 Å². The van der Waals surface area contributed by atoms with E-state index < -0.39 is 58.1 Å². The van der Waals surface area contributed by atoms with E-state index in [1.807, 2.05) is 40.7 Å². The number of hydrogen-bond donors (Lipinski definition) is 1. The van der Waals surface area contributed by atoms with Crippen LogP contribution in [0.3, 0.4) is 0 Å². The summed E-state index contributed by atoms with van der Waals surface area (Å²) in [6.45, 7) is 4.79. The molecule has 1 N–H and O–H groups in total. The molecule has 0 radical (unpaired) electrons. The molecular formula is C34H40N2O13S3-2. The lowest BCUT2D eigenvalue weighted by atomic mass is 9.77. The van der Waals surface area contributed by atoms with Crippen molar-refractivity contribution in [1.29, 1.82) is 0 Å². The lowest BCUT2D eigenvalue weighted by molar-refractivity contribution is -0.138. The van der Waals surface area contributed by atoms with Gasteiger partial charge < -0.3 is 32.8 Å². The maximum atomic E-state index is 12.0. The molecule has 0 bridgehead atoms. The maximum absolute atomic E-state index is 12.0. The third-order valence-electron chi connectivity index (χ3n) is 8.81. The number of carbonyl (C=O) groups is 1. The molecular weight excluding hydrogens is 741 g/mol. The summed E-state index contributed by atoms with van der Waals surface area (Å²) in [7, 11) is -13.8. The summed E-state index contributed by atoms with van der Waals surface area (Å²) < 4.78 is 117. The van der Waals surface area contributed by atoms with E-state index in [4.69, 9.17) is 14.3 Å². The van der Waals surface area contributed by atoms with Gasteiger partial charge in [-0.1, -0.05) is 12.2 Å². The second-order valence-electron chi connectivity index (χ2n) is 12.4. The summed E-state index contributed by atoms with van der Waals surface area (Å²) in [5.41, 5.74) is 1.99. The smallest absolute Gasteiger partial charge is 0.305 e. The molecule has 0 aromatic heterocycles. The molecule has 0 spiro atoms. The van der Waals surface area contributed by atoms with Gasteiger partial charge in [-0.15, -0.1) is 0 Å². The number of carboxylic acid groups (broad SMARTS) is 1. The highest BCUT2D eigenvalue weighted by Gasteiger charge is 2.43. The predicted octanol–water partition coefficient (Wildman–Crippen LogP) is 2.51. The molecule has 18 heteroatoms. The lowest BCUT2D eigenvalue weighted by Crippen LogP contribution is -2.31. The van der Waals surface area contributed by atoms with Crippen molar-refractivity contribution in [3.63, 3.8) is 0 Å². The van der Waals surface area contributed by atoms with Crippen LogP contribution < -0.4 is 14.8 Å². The van der Waals surface area contributed by atoms with Crippen molar-refractivity contribution in [2.45, 2.75) is 49.8 Å². The molecule has 2 heterocycles. The van der Waals surface area contributed by atoms with Gasteiger partial charge in [0.15, 0.2) is 0 Å². The Morgan fingerprint density at radius 3 is 2.35 bits per heavy atom. The Hall–Kier alpha value is -3.91. The first kappa shape index (κ1) is 40.9. The average Bonchev–Trinajstić information content (AvgIpc) is 3.27. The average molecular weight is 781 g/mol. The van der Waals surface area contributed by atoms with E-state index in [0.29, 0.717) is 35.8 Å². The molecule has 1 aromatic rings. The fourth-order valence-electron chi connectivity index (χ4n) is 6.32. The quantitative estimate of drug-likeness (QED) is 0.111. The van der Waals surface area contributed by atoms with Crippen molar-refractivity contribution in [1.82, 2.24) is 4.58 Å². The van der Waals surface area contributed by atoms with Gasteiger partial charge in [-0.05, 0) is 74.2 Å². The zero-order valence-corrected chi connectivity index (χ0v) is 31.0. The Labute approximate surface area is 303 Å². The molecule has 0 saturated carbocycles. The van der Waals surface area contributed by atoms with Gasteiger partial charge in [0.2, 0.25) is 5.36 Å². The number of rotatable bonds is 18. The zero-order chi connectivity index (χ0) is 38.3. The number of allylic oxidation sites excluding steroid dienone is 3. The molecule has 284 valence electrons. The number of benzene rings is 2. The van der Waals surface area contributed by atoms with Crippen LogP contribution in [0.4, 0.5) is 5.69 Å². The van der Waals surface area contributed by atoms with E-state index in [1.54, 1.807) is 25.1 Å². The van der Waals surface area contributed by atoms with Gasteiger partial charge in [0.05, 0.1) is 57.1 Å². The number of aliphatic carboxylic acids is 1. The summed E-state index contributed by atoms with van der Waals surface area (Å²) in [5, 5.41) is 9.74. The summed E-state index contributed by atoms with van der Waals surface area (Å²) >= 11 is 0. The van der Waals surface area contributed by atoms with E-state index in [0.717, 1.165) is 16.5 Å². The van der Waals surface area contributed by atoms with Crippen LogP contribution in [0.2, 0.25) is 0 Å². The molecule has 1 aliphatic carbocycles. The molecule has 1 atom stereocenters. The number of anilines is 1. The second kappa shape index (κ2) is 16.8. The predicted molar refractivity (Wildman–Crippen MR) is 188 cm³/mol. The third kappa shape index (κ3) is 10.8. The van der Waals surface area contributed by atoms with Crippen LogP contribution in [0.15, 0.2) is 75.9 Å². The van der Waals surface area contributed by atoms with E-state index in [-0.39, 0.29) is 45.4 Å². The maximum Gasteiger partial charge on any atom is 0.305 e. The largest absolute Gasteiger partial charge is 0.748 e. The fraction of sp³-hybridized carbons (Fsp3) is 0.412.